The molecule has 30 heavy (non-hydrogen) atoms. The molecule has 1 saturated heterocycles. The van der Waals surface area contributed by atoms with Crippen molar-refractivity contribution in [3.63, 3.8) is 0 Å². The number of hydrogen-bond acceptors (Lipinski definition) is 5. The van der Waals surface area contributed by atoms with Crippen molar-refractivity contribution in [1.29, 1.82) is 0 Å². The second-order valence-corrected chi connectivity index (χ2v) is 9.98. The highest BCUT2D eigenvalue weighted by Gasteiger charge is 2.36. The molecule has 6 nitrogen and oxygen atoms in total. The number of nitrogens with zero attached hydrogens (tertiary/aromatic N) is 2. The molecule has 1 aliphatic heterocycles. The molecule has 0 bridgehead atoms. The number of carbonyl (C=O) groups excluding carboxylic acids is 2. The van der Waals surface area contributed by atoms with Gasteiger partial charge >= 0.3 is 6.18 Å². The number of halogens is 4. The highest BCUT2D eigenvalue weighted by Crippen LogP contribution is 2.36. The average molecular weight is 481 g/mol. The summed E-state index contributed by atoms with van der Waals surface area (Å²) in [5, 5.41) is -0.585. The van der Waals surface area contributed by atoms with Crippen molar-refractivity contribution in [1.82, 2.24) is 9.21 Å². The van der Waals surface area contributed by atoms with E-state index in [0.717, 1.165) is 27.8 Å². The number of sulfonamides is 1. The maximum Gasteiger partial charge on any atom is 0.417 e. The predicted octanol–water partition coefficient (Wildman–Crippen LogP) is 3.77. The Morgan fingerprint density at radius 2 is 1.63 bits per heavy atom. The topological polar surface area (TPSA) is 74.8 Å². The van der Waals surface area contributed by atoms with Gasteiger partial charge in [0.1, 0.15) is 0 Å². The predicted molar refractivity (Wildman–Crippen MR) is 105 cm³/mol. The van der Waals surface area contributed by atoms with Gasteiger partial charge in [0.05, 0.1) is 25.2 Å². The molecule has 0 unspecified atom stereocenters. The Morgan fingerprint density at radius 1 is 1.03 bits per heavy atom. The Bertz CT molecular complexity index is 1090. The summed E-state index contributed by atoms with van der Waals surface area (Å²) in [7, 11) is -4.19. The Labute approximate surface area is 179 Å². The van der Waals surface area contributed by atoms with E-state index in [0.29, 0.717) is 15.8 Å². The first-order valence-electron chi connectivity index (χ1n) is 8.68. The van der Waals surface area contributed by atoms with E-state index in [2.05, 4.69) is 0 Å². The molecule has 1 aromatic heterocycles. The monoisotopic (exact) mass is 480 g/mol. The number of piperazine rings is 1. The number of carbonyl (C=O) groups is 2. The molecule has 2 aromatic rings. The number of benzene rings is 1. The molecule has 162 valence electrons. The van der Waals surface area contributed by atoms with Crippen LogP contribution in [0.5, 0.6) is 0 Å². The van der Waals surface area contributed by atoms with E-state index < -0.39 is 31.7 Å². The van der Waals surface area contributed by atoms with Crippen molar-refractivity contribution in [2.24, 2.45) is 0 Å². The number of Topliss-reactive ketones (excluding diaryl/α,β-unsaturated/α-hetero) is 1. The highest BCUT2D eigenvalue weighted by molar-refractivity contribution is 7.89. The number of ketones is 1. The van der Waals surface area contributed by atoms with Gasteiger partial charge in [-0.15, -0.1) is 11.3 Å². The quantitative estimate of drug-likeness (QED) is 0.624. The third-order valence-electron chi connectivity index (χ3n) is 4.57. The van der Waals surface area contributed by atoms with E-state index in [9.17, 15) is 31.2 Å². The van der Waals surface area contributed by atoms with Crippen LogP contribution in [0.3, 0.4) is 0 Å². The molecule has 0 N–H and O–H groups in total. The number of alkyl halides is 3. The lowest BCUT2D eigenvalue weighted by Gasteiger charge is -2.33. The lowest BCUT2D eigenvalue weighted by molar-refractivity contribution is -0.137. The summed E-state index contributed by atoms with van der Waals surface area (Å²) < 4.78 is 65.8. The molecule has 0 saturated carbocycles. The third kappa shape index (κ3) is 4.53. The largest absolute Gasteiger partial charge is 0.417 e. The fraction of sp³-hybridized carbons (Fsp3) is 0.333. The van der Waals surface area contributed by atoms with Crippen LogP contribution in [-0.4, -0.2) is 55.5 Å². The maximum atomic E-state index is 13.1. The van der Waals surface area contributed by atoms with Crippen molar-refractivity contribution in [3.8, 4) is 0 Å². The van der Waals surface area contributed by atoms with Crippen LogP contribution < -0.4 is 0 Å². The molecule has 0 atom stereocenters. The van der Waals surface area contributed by atoms with Crippen LogP contribution in [0.15, 0.2) is 35.2 Å². The Kier molecular flexibility index (Phi) is 6.28. The second kappa shape index (κ2) is 8.29. The molecule has 2 heterocycles. The SMILES string of the molecule is CC(=O)c1ccc(C(=O)N2CCN(S(=O)(=O)c3ccc(Cl)c(C(F)(F)F)c3)CC2)s1. The van der Waals surface area contributed by atoms with E-state index in [1.165, 1.54) is 11.8 Å². The van der Waals surface area contributed by atoms with Crippen LogP contribution >= 0.6 is 22.9 Å². The number of rotatable bonds is 4. The summed E-state index contributed by atoms with van der Waals surface area (Å²) in [4.78, 5) is 25.7. The van der Waals surface area contributed by atoms with Crippen molar-refractivity contribution >= 4 is 44.7 Å². The molecule has 1 fully saturated rings. The van der Waals surface area contributed by atoms with Crippen LogP contribution in [0.2, 0.25) is 5.02 Å². The van der Waals surface area contributed by atoms with Gasteiger partial charge in [0.25, 0.3) is 5.91 Å². The highest BCUT2D eigenvalue weighted by atomic mass is 35.5. The molecule has 1 aliphatic rings. The third-order valence-corrected chi connectivity index (χ3v) is 7.97. The number of hydrogen-bond donors (Lipinski definition) is 0. The van der Waals surface area contributed by atoms with Gasteiger partial charge in [-0.2, -0.15) is 17.5 Å². The van der Waals surface area contributed by atoms with Crippen molar-refractivity contribution in [3.05, 3.63) is 50.7 Å². The van der Waals surface area contributed by atoms with E-state index in [-0.39, 0.29) is 37.9 Å². The van der Waals surface area contributed by atoms with E-state index in [1.807, 2.05) is 0 Å². The van der Waals surface area contributed by atoms with Gasteiger partial charge in [-0.3, -0.25) is 9.59 Å². The van der Waals surface area contributed by atoms with Crippen LogP contribution in [0.1, 0.15) is 31.8 Å². The number of thiophene rings is 1. The van der Waals surface area contributed by atoms with Gasteiger partial charge in [0.2, 0.25) is 10.0 Å². The summed E-state index contributed by atoms with van der Waals surface area (Å²) in [6.45, 7) is 1.41. The van der Waals surface area contributed by atoms with Crippen molar-refractivity contribution in [2.75, 3.05) is 26.2 Å². The van der Waals surface area contributed by atoms with Gasteiger partial charge < -0.3 is 4.90 Å². The second-order valence-electron chi connectivity index (χ2n) is 6.56. The van der Waals surface area contributed by atoms with Crippen LogP contribution in [0.25, 0.3) is 0 Å². The lowest BCUT2D eigenvalue weighted by Crippen LogP contribution is -2.50. The lowest BCUT2D eigenvalue weighted by atomic mass is 10.2. The zero-order valence-electron chi connectivity index (χ0n) is 15.6. The summed E-state index contributed by atoms with van der Waals surface area (Å²) in [6.07, 6.45) is -4.78. The smallest absolute Gasteiger partial charge is 0.335 e. The minimum Gasteiger partial charge on any atom is -0.335 e. The molecule has 1 aromatic carbocycles. The average Bonchev–Trinajstić information content (AvgIpc) is 3.17. The molecule has 0 spiro atoms. The first-order valence-corrected chi connectivity index (χ1v) is 11.3. The van der Waals surface area contributed by atoms with Gasteiger partial charge in [0.15, 0.2) is 5.78 Å². The standard InChI is InChI=1S/C18H16ClF3N2O4S2/c1-11(25)15-4-5-16(29-15)17(26)23-6-8-24(9-7-23)30(27,28)12-2-3-14(19)13(10-12)18(20,21)22/h2-5,10H,6-9H2,1H3. The fourth-order valence-corrected chi connectivity index (χ4v) is 5.50. The van der Waals surface area contributed by atoms with Gasteiger partial charge in [-0.05, 0) is 37.3 Å². The first kappa shape index (κ1) is 22.7. The molecule has 0 aliphatic carbocycles. The molecular formula is C18H16ClF3N2O4S2. The van der Waals surface area contributed by atoms with E-state index >= 15 is 0 Å². The number of amides is 1. The van der Waals surface area contributed by atoms with Gasteiger partial charge in [-0.1, -0.05) is 11.6 Å². The Balaban J connectivity index is 1.74. The Hall–Kier alpha value is -1.95. The van der Waals surface area contributed by atoms with Crippen molar-refractivity contribution in [2.45, 2.75) is 18.0 Å². The van der Waals surface area contributed by atoms with E-state index in [1.54, 1.807) is 12.1 Å². The normalized spacial score (nSPS) is 16.0. The molecule has 0 radical (unpaired) electrons. The van der Waals surface area contributed by atoms with Gasteiger partial charge in [-0.25, -0.2) is 8.42 Å². The minimum atomic E-state index is -4.78. The zero-order valence-corrected chi connectivity index (χ0v) is 18.0. The zero-order chi connectivity index (χ0) is 22.3. The maximum absolute atomic E-state index is 13.1. The fourth-order valence-electron chi connectivity index (χ4n) is 2.96. The summed E-state index contributed by atoms with van der Waals surface area (Å²) in [6, 6.07) is 5.54. The van der Waals surface area contributed by atoms with E-state index in [4.69, 9.17) is 11.6 Å². The molecule has 12 heteroatoms. The van der Waals surface area contributed by atoms with Crippen LogP contribution in [0, 0.1) is 0 Å². The van der Waals surface area contributed by atoms with Crippen molar-refractivity contribution < 1.29 is 31.2 Å². The van der Waals surface area contributed by atoms with Crippen LogP contribution in [0.4, 0.5) is 13.2 Å². The summed E-state index contributed by atoms with van der Waals surface area (Å²) in [5.74, 6) is -0.480. The molecule has 3 rings (SSSR count). The molecule has 1 amide bonds. The minimum absolute atomic E-state index is 0.0665. The molecular weight excluding hydrogens is 465 g/mol. The summed E-state index contributed by atoms with van der Waals surface area (Å²) in [5.41, 5.74) is -1.22. The van der Waals surface area contributed by atoms with Crippen LogP contribution in [-0.2, 0) is 16.2 Å². The van der Waals surface area contributed by atoms with Gasteiger partial charge in [0, 0.05) is 26.2 Å². The Morgan fingerprint density at radius 3 is 2.17 bits per heavy atom. The summed E-state index contributed by atoms with van der Waals surface area (Å²) >= 11 is 6.62. The first-order chi connectivity index (χ1) is 13.9.